The molecular formula is C25H22Cl2O4. The maximum Gasteiger partial charge on any atom is 0.176 e. The van der Waals surface area contributed by atoms with Gasteiger partial charge in [0.25, 0.3) is 0 Å². The number of alkyl halides is 1. The molecule has 0 bridgehead atoms. The van der Waals surface area contributed by atoms with Gasteiger partial charge in [-0.25, -0.2) is 0 Å². The standard InChI is InChI=1S/C25H22Cl2O4/c26-13-14-30-20-7-4-8-21-23(20)24(29)22(28)15-19(16-5-2-1-3-6-16)25(24,31-21)17-9-11-18(27)12-10-17/h1-12,19,22,28-29H,13-15H2/t19-,22+,24+,25-/m0/s1. The van der Waals surface area contributed by atoms with Crippen molar-refractivity contribution >= 4 is 23.2 Å². The van der Waals surface area contributed by atoms with E-state index in [4.69, 9.17) is 32.7 Å². The second kappa shape index (κ2) is 7.72. The highest BCUT2D eigenvalue weighted by molar-refractivity contribution is 6.30. The van der Waals surface area contributed by atoms with Crippen molar-refractivity contribution < 1.29 is 19.7 Å². The van der Waals surface area contributed by atoms with E-state index in [0.717, 1.165) is 11.1 Å². The molecule has 4 atom stereocenters. The number of ether oxygens (including phenoxy) is 2. The Morgan fingerprint density at radius 3 is 2.45 bits per heavy atom. The van der Waals surface area contributed by atoms with Crippen LogP contribution in [-0.2, 0) is 11.2 Å². The molecule has 160 valence electrons. The maximum absolute atomic E-state index is 12.3. The lowest BCUT2D eigenvalue weighted by Crippen LogP contribution is -2.52. The minimum atomic E-state index is -1.72. The van der Waals surface area contributed by atoms with E-state index >= 15 is 0 Å². The summed E-state index contributed by atoms with van der Waals surface area (Å²) >= 11 is 12.0. The van der Waals surface area contributed by atoms with Gasteiger partial charge in [-0.3, -0.25) is 0 Å². The van der Waals surface area contributed by atoms with Crippen molar-refractivity contribution in [3.63, 3.8) is 0 Å². The largest absolute Gasteiger partial charge is 0.492 e. The van der Waals surface area contributed by atoms with E-state index in [0.29, 0.717) is 34.4 Å². The first-order valence-corrected chi connectivity index (χ1v) is 11.2. The molecule has 5 rings (SSSR count). The van der Waals surface area contributed by atoms with E-state index in [9.17, 15) is 10.2 Å². The van der Waals surface area contributed by atoms with Crippen LogP contribution in [0.4, 0.5) is 0 Å². The Bertz CT molecular complexity index is 1090. The summed E-state index contributed by atoms with van der Waals surface area (Å²) in [6, 6.07) is 22.5. The lowest BCUT2D eigenvalue weighted by atomic mass is 9.71. The Morgan fingerprint density at radius 1 is 1.00 bits per heavy atom. The van der Waals surface area contributed by atoms with Crippen molar-refractivity contribution in [2.24, 2.45) is 0 Å². The van der Waals surface area contributed by atoms with Gasteiger partial charge in [-0.1, -0.05) is 60.1 Å². The van der Waals surface area contributed by atoms with E-state index in [1.54, 1.807) is 24.3 Å². The summed E-state index contributed by atoms with van der Waals surface area (Å²) < 4.78 is 12.5. The van der Waals surface area contributed by atoms with Crippen LogP contribution in [0.15, 0.2) is 72.8 Å². The lowest BCUT2D eigenvalue weighted by molar-refractivity contribution is -0.150. The Hall–Kier alpha value is -2.24. The van der Waals surface area contributed by atoms with Gasteiger partial charge in [0.2, 0.25) is 0 Å². The van der Waals surface area contributed by atoms with Crippen LogP contribution in [0, 0.1) is 0 Å². The van der Waals surface area contributed by atoms with E-state index in [1.165, 1.54) is 0 Å². The van der Waals surface area contributed by atoms with E-state index in [1.807, 2.05) is 48.5 Å². The van der Waals surface area contributed by atoms with Crippen LogP contribution in [0.25, 0.3) is 0 Å². The lowest BCUT2D eigenvalue weighted by Gasteiger charge is -2.40. The third-order valence-electron chi connectivity index (χ3n) is 6.45. The number of benzene rings is 3. The SMILES string of the molecule is O[C@@H]1C[C@@H](c2ccccc2)[C@]2(c3ccc(Cl)cc3)Oc3cccc(OCCCl)c3[C@]12O. The van der Waals surface area contributed by atoms with Crippen LogP contribution >= 0.6 is 23.2 Å². The number of halogens is 2. The number of fused-ring (bicyclic) bond motifs is 3. The van der Waals surface area contributed by atoms with Crippen LogP contribution in [0.1, 0.15) is 29.0 Å². The quantitative estimate of drug-likeness (QED) is 0.531. The molecule has 1 aliphatic heterocycles. The fourth-order valence-corrected chi connectivity index (χ4v) is 5.43. The van der Waals surface area contributed by atoms with Crippen molar-refractivity contribution in [2.45, 2.75) is 29.6 Å². The average Bonchev–Trinajstić information content (AvgIpc) is 3.19. The predicted octanol–water partition coefficient (Wildman–Crippen LogP) is 4.98. The number of aliphatic hydroxyl groups excluding tert-OH is 1. The monoisotopic (exact) mass is 456 g/mol. The fourth-order valence-electron chi connectivity index (χ4n) is 5.22. The minimum Gasteiger partial charge on any atom is -0.492 e. The highest BCUT2D eigenvalue weighted by Crippen LogP contribution is 2.68. The molecule has 3 aromatic carbocycles. The van der Waals surface area contributed by atoms with Crippen molar-refractivity contribution in [3.05, 3.63) is 94.5 Å². The van der Waals surface area contributed by atoms with Gasteiger partial charge < -0.3 is 19.7 Å². The summed E-state index contributed by atoms with van der Waals surface area (Å²) in [5, 5.41) is 24.2. The third-order valence-corrected chi connectivity index (χ3v) is 6.85. The van der Waals surface area contributed by atoms with Gasteiger partial charge in [0.1, 0.15) is 18.1 Å². The van der Waals surface area contributed by atoms with Crippen molar-refractivity contribution in [3.8, 4) is 11.5 Å². The molecule has 0 radical (unpaired) electrons. The molecule has 1 fully saturated rings. The summed E-state index contributed by atoms with van der Waals surface area (Å²) in [7, 11) is 0. The zero-order chi connectivity index (χ0) is 21.6. The smallest absolute Gasteiger partial charge is 0.176 e. The molecule has 1 aliphatic carbocycles. The molecule has 0 aromatic heterocycles. The molecule has 0 unspecified atom stereocenters. The number of aliphatic hydroxyl groups is 2. The molecular weight excluding hydrogens is 435 g/mol. The maximum atomic E-state index is 12.3. The molecule has 31 heavy (non-hydrogen) atoms. The molecule has 0 amide bonds. The van der Waals surface area contributed by atoms with Crippen LogP contribution in [0.3, 0.4) is 0 Å². The molecule has 6 heteroatoms. The minimum absolute atomic E-state index is 0.278. The number of rotatable bonds is 5. The third kappa shape index (κ3) is 2.90. The summed E-state index contributed by atoms with van der Waals surface area (Å²) in [4.78, 5) is 0. The average molecular weight is 457 g/mol. The Kier molecular flexibility index (Phi) is 5.14. The van der Waals surface area contributed by atoms with Gasteiger partial charge >= 0.3 is 0 Å². The van der Waals surface area contributed by atoms with Gasteiger partial charge in [-0.05, 0) is 41.8 Å². The second-order valence-corrected chi connectivity index (χ2v) is 8.81. The van der Waals surface area contributed by atoms with E-state index in [-0.39, 0.29) is 12.5 Å². The van der Waals surface area contributed by atoms with Gasteiger partial charge in [0.15, 0.2) is 11.2 Å². The fraction of sp³-hybridized carbons (Fsp3) is 0.280. The molecule has 2 N–H and O–H groups in total. The molecule has 4 nitrogen and oxygen atoms in total. The first-order chi connectivity index (χ1) is 15.0. The van der Waals surface area contributed by atoms with Gasteiger partial charge in [-0.2, -0.15) is 0 Å². The van der Waals surface area contributed by atoms with Crippen LogP contribution in [0.5, 0.6) is 11.5 Å². The summed E-state index contributed by atoms with van der Waals surface area (Å²) in [6.07, 6.45) is -0.748. The normalized spacial score (nSPS) is 28.6. The Labute approximate surface area is 191 Å². The van der Waals surface area contributed by atoms with Crippen molar-refractivity contribution in [1.82, 2.24) is 0 Å². The summed E-state index contributed by atoms with van der Waals surface area (Å²) in [5.41, 5.74) is -0.797. The summed E-state index contributed by atoms with van der Waals surface area (Å²) in [5.74, 6) is 0.956. The highest BCUT2D eigenvalue weighted by atomic mass is 35.5. The van der Waals surface area contributed by atoms with E-state index in [2.05, 4.69) is 0 Å². The second-order valence-electron chi connectivity index (χ2n) is 7.99. The van der Waals surface area contributed by atoms with Gasteiger partial charge in [-0.15, -0.1) is 11.6 Å². The zero-order valence-electron chi connectivity index (χ0n) is 16.7. The first-order valence-electron chi connectivity index (χ1n) is 10.2. The molecule has 2 aliphatic rings. The first kappa shape index (κ1) is 20.7. The zero-order valence-corrected chi connectivity index (χ0v) is 18.2. The number of hydrogen-bond donors (Lipinski definition) is 2. The van der Waals surface area contributed by atoms with Crippen LogP contribution in [-0.4, -0.2) is 28.8 Å². The predicted molar refractivity (Wildman–Crippen MR) is 120 cm³/mol. The number of hydrogen-bond acceptors (Lipinski definition) is 4. The Morgan fingerprint density at radius 2 is 1.74 bits per heavy atom. The van der Waals surface area contributed by atoms with Crippen LogP contribution < -0.4 is 9.47 Å². The summed E-state index contributed by atoms with van der Waals surface area (Å²) in [6.45, 7) is 0.278. The molecule has 0 saturated heterocycles. The van der Waals surface area contributed by atoms with Crippen LogP contribution in [0.2, 0.25) is 5.02 Å². The highest BCUT2D eigenvalue weighted by Gasteiger charge is 2.73. The van der Waals surface area contributed by atoms with Gasteiger partial charge in [0.05, 0.1) is 17.5 Å². The van der Waals surface area contributed by atoms with Crippen molar-refractivity contribution in [2.75, 3.05) is 12.5 Å². The molecule has 3 aromatic rings. The molecule has 0 spiro atoms. The molecule has 1 heterocycles. The van der Waals surface area contributed by atoms with Gasteiger partial charge in [0, 0.05) is 10.9 Å². The van der Waals surface area contributed by atoms with Crippen molar-refractivity contribution in [1.29, 1.82) is 0 Å². The molecule has 1 saturated carbocycles. The Balaban J connectivity index is 1.77. The topological polar surface area (TPSA) is 58.9 Å². The van der Waals surface area contributed by atoms with E-state index < -0.39 is 17.3 Å².